The van der Waals surface area contributed by atoms with Gasteiger partial charge >= 0.3 is 0 Å². The van der Waals surface area contributed by atoms with Gasteiger partial charge in [0.1, 0.15) is 5.69 Å². The second-order valence-electron chi connectivity index (χ2n) is 4.46. The molecule has 0 bridgehead atoms. The van der Waals surface area contributed by atoms with Crippen LogP contribution in [0.2, 0.25) is 0 Å². The molecule has 0 saturated carbocycles. The van der Waals surface area contributed by atoms with Gasteiger partial charge in [-0.3, -0.25) is 10.1 Å². The van der Waals surface area contributed by atoms with Crippen molar-refractivity contribution in [3.63, 3.8) is 0 Å². The Kier molecular flexibility index (Phi) is 3.84. The number of rotatable bonds is 4. The van der Waals surface area contributed by atoms with Gasteiger partial charge < -0.3 is 11.1 Å². The molecular weight excluding hydrogens is 261 g/mol. The second-order valence-corrected chi connectivity index (χ2v) is 4.46. The molecule has 2 aromatic carbocycles. The molecule has 0 saturated heterocycles. The lowest BCUT2D eigenvalue weighted by Gasteiger charge is -2.09. The fourth-order valence-corrected chi connectivity index (χ4v) is 1.90. The van der Waals surface area contributed by atoms with Crippen molar-refractivity contribution >= 4 is 17.1 Å². The molecule has 0 atom stereocenters. The van der Waals surface area contributed by atoms with Gasteiger partial charge in [-0.05, 0) is 18.6 Å². The summed E-state index contributed by atoms with van der Waals surface area (Å²) in [6, 6.07) is 10.3. The Labute approximate surface area is 115 Å². The fourth-order valence-electron chi connectivity index (χ4n) is 1.90. The summed E-state index contributed by atoms with van der Waals surface area (Å²) in [5.41, 5.74) is 6.78. The Balaban J connectivity index is 2.18. The van der Waals surface area contributed by atoms with Crippen molar-refractivity contribution in [2.45, 2.75) is 13.5 Å². The van der Waals surface area contributed by atoms with Crippen LogP contribution in [-0.2, 0) is 6.54 Å². The molecule has 3 N–H and O–H groups in total. The maximum atomic E-state index is 13.9. The summed E-state index contributed by atoms with van der Waals surface area (Å²) >= 11 is 0. The SMILES string of the molecule is Cc1cccc(CNc2ccc([N+](=O)[O-])c(N)c2F)c1. The van der Waals surface area contributed by atoms with Crippen LogP contribution in [-0.4, -0.2) is 4.92 Å². The zero-order valence-electron chi connectivity index (χ0n) is 10.9. The minimum atomic E-state index is -0.799. The summed E-state index contributed by atoms with van der Waals surface area (Å²) in [7, 11) is 0. The molecule has 6 heteroatoms. The number of nitro benzene ring substituents is 1. The molecule has 5 nitrogen and oxygen atoms in total. The van der Waals surface area contributed by atoms with Crippen LogP contribution in [0.4, 0.5) is 21.5 Å². The van der Waals surface area contributed by atoms with Crippen LogP contribution in [0.15, 0.2) is 36.4 Å². The molecule has 20 heavy (non-hydrogen) atoms. The van der Waals surface area contributed by atoms with Crippen LogP contribution in [0, 0.1) is 22.9 Å². The number of nitrogens with zero attached hydrogens (tertiary/aromatic N) is 1. The zero-order valence-corrected chi connectivity index (χ0v) is 10.9. The lowest BCUT2D eigenvalue weighted by atomic mass is 10.1. The Hall–Kier alpha value is -2.63. The van der Waals surface area contributed by atoms with Crippen molar-refractivity contribution in [2.75, 3.05) is 11.1 Å². The van der Waals surface area contributed by atoms with Gasteiger partial charge in [0.25, 0.3) is 5.69 Å². The second kappa shape index (κ2) is 5.56. The van der Waals surface area contributed by atoms with Crippen molar-refractivity contribution in [3.05, 3.63) is 63.5 Å². The number of benzene rings is 2. The molecule has 0 aliphatic carbocycles. The Bertz CT molecular complexity index is 659. The quantitative estimate of drug-likeness (QED) is 0.510. The fraction of sp³-hybridized carbons (Fsp3) is 0.143. The molecule has 2 rings (SSSR count). The van der Waals surface area contributed by atoms with Crippen molar-refractivity contribution < 1.29 is 9.31 Å². The Morgan fingerprint density at radius 1 is 1.35 bits per heavy atom. The minimum absolute atomic E-state index is 0.148. The smallest absolute Gasteiger partial charge is 0.295 e. The first-order chi connectivity index (χ1) is 9.49. The third-order valence-corrected chi connectivity index (χ3v) is 2.92. The van der Waals surface area contributed by atoms with Crippen molar-refractivity contribution in [3.8, 4) is 0 Å². The number of hydrogen-bond acceptors (Lipinski definition) is 4. The van der Waals surface area contributed by atoms with Gasteiger partial charge in [-0.2, -0.15) is 0 Å². The van der Waals surface area contributed by atoms with E-state index in [2.05, 4.69) is 5.32 Å². The molecule has 0 spiro atoms. The van der Waals surface area contributed by atoms with Crippen molar-refractivity contribution in [1.29, 1.82) is 0 Å². The molecule has 0 aliphatic rings. The molecule has 0 heterocycles. The van der Waals surface area contributed by atoms with Crippen LogP contribution in [0.3, 0.4) is 0 Å². The van der Waals surface area contributed by atoms with E-state index >= 15 is 0 Å². The molecule has 0 unspecified atom stereocenters. The third kappa shape index (κ3) is 2.85. The predicted octanol–water partition coefficient (Wildman–Crippen LogP) is 3.24. The summed E-state index contributed by atoms with van der Waals surface area (Å²) in [5.74, 6) is -0.799. The average molecular weight is 275 g/mol. The first kappa shape index (κ1) is 13.8. The van der Waals surface area contributed by atoms with E-state index in [4.69, 9.17) is 5.73 Å². The van der Waals surface area contributed by atoms with Crippen molar-refractivity contribution in [1.82, 2.24) is 0 Å². The van der Waals surface area contributed by atoms with Gasteiger partial charge in [0.15, 0.2) is 5.82 Å². The van der Waals surface area contributed by atoms with Crippen LogP contribution in [0.1, 0.15) is 11.1 Å². The van der Waals surface area contributed by atoms with Crippen LogP contribution >= 0.6 is 0 Å². The number of nitrogen functional groups attached to an aromatic ring is 1. The highest BCUT2D eigenvalue weighted by Gasteiger charge is 2.18. The van der Waals surface area contributed by atoms with E-state index in [9.17, 15) is 14.5 Å². The molecule has 0 aliphatic heterocycles. The van der Waals surface area contributed by atoms with Gasteiger partial charge in [-0.15, -0.1) is 0 Å². The molecule has 0 radical (unpaired) electrons. The van der Waals surface area contributed by atoms with Crippen LogP contribution in [0.25, 0.3) is 0 Å². The zero-order chi connectivity index (χ0) is 14.7. The molecule has 104 valence electrons. The lowest BCUT2D eigenvalue weighted by Crippen LogP contribution is -2.05. The number of nitro groups is 1. The first-order valence-electron chi connectivity index (χ1n) is 6.01. The number of nitrogens with one attached hydrogen (secondary N) is 1. The van der Waals surface area contributed by atoms with E-state index < -0.39 is 22.1 Å². The average Bonchev–Trinajstić information content (AvgIpc) is 2.40. The number of anilines is 2. The van der Waals surface area contributed by atoms with Crippen LogP contribution < -0.4 is 11.1 Å². The molecule has 0 fully saturated rings. The minimum Gasteiger partial charge on any atom is -0.391 e. The Morgan fingerprint density at radius 3 is 2.75 bits per heavy atom. The number of nitrogens with two attached hydrogens (primary N) is 1. The monoisotopic (exact) mass is 275 g/mol. The van der Waals surface area contributed by atoms with Gasteiger partial charge in [0, 0.05) is 12.6 Å². The van der Waals surface area contributed by atoms with Gasteiger partial charge in [-0.1, -0.05) is 29.8 Å². The Morgan fingerprint density at radius 2 is 2.10 bits per heavy atom. The van der Waals surface area contributed by atoms with Gasteiger partial charge in [-0.25, -0.2) is 4.39 Å². The molecule has 0 amide bonds. The largest absolute Gasteiger partial charge is 0.391 e. The summed E-state index contributed by atoms with van der Waals surface area (Å²) < 4.78 is 13.9. The van der Waals surface area contributed by atoms with Gasteiger partial charge in [0.05, 0.1) is 10.6 Å². The third-order valence-electron chi connectivity index (χ3n) is 2.92. The molecule has 2 aromatic rings. The molecular formula is C14H14FN3O2. The van der Waals surface area contributed by atoms with E-state index in [1.54, 1.807) is 0 Å². The van der Waals surface area contributed by atoms with Crippen molar-refractivity contribution in [2.24, 2.45) is 0 Å². The number of aryl methyl sites for hydroxylation is 1. The number of halogens is 1. The highest BCUT2D eigenvalue weighted by atomic mass is 19.1. The standard InChI is InChI=1S/C14H14FN3O2/c1-9-3-2-4-10(7-9)8-17-11-5-6-12(18(19)20)14(16)13(11)15/h2-7,17H,8,16H2,1H3. The normalized spacial score (nSPS) is 10.3. The topological polar surface area (TPSA) is 81.2 Å². The lowest BCUT2D eigenvalue weighted by molar-refractivity contribution is -0.384. The summed E-state index contributed by atoms with van der Waals surface area (Å²) in [6.45, 7) is 2.38. The maximum Gasteiger partial charge on any atom is 0.295 e. The summed E-state index contributed by atoms with van der Waals surface area (Å²) in [4.78, 5) is 9.93. The highest BCUT2D eigenvalue weighted by molar-refractivity contribution is 5.67. The van der Waals surface area contributed by atoms with E-state index in [1.165, 1.54) is 12.1 Å². The summed E-state index contributed by atoms with van der Waals surface area (Å²) in [5, 5.41) is 13.5. The van der Waals surface area contributed by atoms with E-state index in [-0.39, 0.29) is 5.69 Å². The van der Waals surface area contributed by atoms with Crippen LogP contribution in [0.5, 0.6) is 0 Å². The van der Waals surface area contributed by atoms with Gasteiger partial charge in [0.2, 0.25) is 0 Å². The number of hydrogen-bond donors (Lipinski definition) is 2. The maximum absolute atomic E-state index is 13.9. The highest BCUT2D eigenvalue weighted by Crippen LogP contribution is 2.29. The first-order valence-corrected chi connectivity index (χ1v) is 6.01. The molecule has 0 aromatic heterocycles. The van der Waals surface area contributed by atoms with E-state index in [0.29, 0.717) is 6.54 Å². The van der Waals surface area contributed by atoms with E-state index in [0.717, 1.165) is 11.1 Å². The van der Waals surface area contributed by atoms with E-state index in [1.807, 2.05) is 31.2 Å². The predicted molar refractivity (Wildman–Crippen MR) is 76.0 cm³/mol. The summed E-state index contributed by atoms with van der Waals surface area (Å²) in [6.07, 6.45) is 0.